The van der Waals surface area contributed by atoms with Crippen LogP contribution in [-0.2, 0) is 11.3 Å². The second-order valence-corrected chi connectivity index (χ2v) is 3.34. The van der Waals surface area contributed by atoms with Gasteiger partial charge in [-0.05, 0) is 28.1 Å². The van der Waals surface area contributed by atoms with Crippen molar-refractivity contribution in [2.24, 2.45) is 0 Å². The predicted molar refractivity (Wildman–Crippen MR) is 44.4 cm³/mol. The van der Waals surface area contributed by atoms with Crippen LogP contribution in [0.15, 0.2) is 16.6 Å². The van der Waals surface area contributed by atoms with E-state index in [1.165, 1.54) is 6.07 Å². The first kappa shape index (κ1) is 8.01. The van der Waals surface area contributed by atoms with Gasteiger partial charge in [0.15, 0.2) is 6.79 Å². The number of rotatable bonds is 0. The second kappa shape index (κ2) is 3.03. The van der Waals surface area contributed by atoms with E-state index in [1.54, 1.807) is 6.07 Å². The lowest BCUT2D eigenvalue weighted by Crippen LogP contribution is -2.11. The van der Waals surface area contributed by atoms with Gasteiger partial charge in [0.25, 0.3) is 0 Å². The van der Waals surface area contributed by atoms with Crippen molar-refractivity contribution in [3.63, 3.8) is 0 Å². The molecule has 0 saturated carbocycles. The third-order valence-electron chi connectivity index (χ3n) is 1.66. The highest BCUT2D eigenvalue weighted by molar-refractivity contribution is 9.10. The Bertz CT molecular complexity index is 283. The van der Waals surface area contributed by atoms with Crippen LogP contribution < -0.4 is 4.74 Å². The molecule has 0 atom stereocenters. The summed E-state index contributed by atoms with van der Waals surface area (Å²) in [4.78, 5) is 0. The van der Waals surface area contributed by atoms with Gasteiger partial charge >= 0.3 is 0 Å². The number of fused-ring (bicyclic) bond motifs is 1. The Morgan fingerprint density at radius 3 is 3.08 bits per heavy atom. The Hall–Kier alpha value is -0.610. The Kier molecular flexibility index (Phi) is 2.02. The van der Waals surface area contributed by atoms with Crippen LogP contribution in [0.5, 0.6) is 5.75 Å². The Labute approximate surface area is 77.4 Å². The molecule has 0 saturated heterocycles. The van der Waals surface area contributed by atoms with Gasteiger partial charge in [0.1, 0.15) is 11.6 Å². The summed E-state index contributed by atoms with van der Waals surface area (Å²) in [7, 11) is 0. The molecule has 0 spiro atoms. The predicted octanol–water partition coefficient (Wildman–Crippen LogP) is 2.45. The standard InChI is InChI=1S/C8H6BrFO2/c9-6-2-8-5(1-7(6)10)3-11-4-12-8/h1-2H,3-4H2. The monoisotopic (exact) mass is 232 g/mol. The van der Waals surface area contributed by atoms with E-state index in [2.05, 4.69) is 15.9 Å². The zero-order valence-corrected chi connectivity index (χ0v) is 7.73. The lowest BCUT2D eigenvalue weighted by molar-refractivity contribution is -0.0166. The maximum atomic E-state index is 12.9. The topological polar surface area (TPSA) is 18.5 Å². The average molecular weight is 233 g/mol. The Morgan fingerprint density at radius 1 is 1.42 bits per heavy atom. The van der Waals surface area contributed by atoms with E-state index >= 15 is 0 Å². The molecule has 12 heavy (non-hydrogen) atoms. The van der Waals surface area contributed by atoms with Gasteiger partial charge in [0.05, 0.1) is 11.1 Å². The van der Waals surface area contributed by atoms with Gasteiger partial charge in [-0.1, -0.05) is 0 Å². The van der Waals surface area contributed by atoms with Crippen molar-refractivity contribution in [2.75, 3.05) is 6.79 Å². The normalized spacial score (nSPS) is 15.2. The van der Waals surface area contributed by atoms with E-state index in [4.69, 9.17) is 9.47 Å². The zero-order valence-electron chi connectivity index (χ0n) is 6.14. The number of ether oxygens (including phenoxy) is 2. The molecule has 0 unspecified atom stereocenters. The summed E-state index contributed by atoms with van der Waals surface area (Å²) in [5.74, 6) is 0.400. The molecular formula is C8H6BrFO2. The van der Waals surface area contributed by atoms with Crippen LogP contribution in [0.1, 0.15) is 5.56 Å². The number of hydrogen-bond donors (Lipinski definition) is 0. The molecule has 0 bridgehead atoms. The second-order valence-electron chi connectivity index (χ2n) is 2.48. The van der Waals surface area contributed by atoms with Gasteiger partial charge in [-0.25, -0.2) is 4.39 Å². The van der Waals surface area contributed by atoms with Gasteiger partial charge in [-0.15, -0.1) is 0 Å². The van der Waals surface area contributed by atoms with E-state index in [0.717, 1.165) is 5.56 Å². The first-order valence-electron chi connectivity index (χ1n) is 3.46. The summed E-state index contributed by atoms with van der Waals surface area (Å²) in [6, 6.07) is 3.03. The highest BCUT2D eigenvalue weighted by atomic mass is 79.9. The molecule has 1 heterocycles. The molecule has 0 fully saturated rings. The van der Waals surface area contributed by atoms with Crippen molar-refractivity contribution >= 4 is 15.9 Å². The number of halogens is 2. The maximum Gasteiger partial charge on any atom is 0.189 e. The van der Waals surface area contributed by atoms with Crippen molar-refractivity contribution in [3.05, 3.63) is 28.0 Å². The van der Waals surface area contributed by atoms with Crippen molar-refractivity contribution in [2.45, 2.75) is 6.61 Å². The lowest BCUT2D eigenvalue weighted by atomic mass is 10.2. The Balaban J connectivity index is 2.49. The molecule has 1 aromatic carbocycles. The highest BCUT2D eigenvalue weighted by Crippen LogP contribution is 2.29. The minimum atomic E-state index is -0.289. The van der Waals surface area contributed by atoms with Gasteiger partial charge in [0, 0.05) is 5.56 Å². The number of benzene rings is 1. The van der Waals surface area contributed by atoms with E-state index in [9.17, 15) is 4.39 Å². The summed E-state index contributed by atoms with van der Waals surface area (Å²) < 4.78 is 23.5. The maximum absolute atomic E-state index is 12.9. The average Bonchev–Trinajstić information content (AvgIpc) is 2.07. The molecule has 0 radical (unpaired) electrons. The van der Waals surface area contributed by atoms with Crippen LogP contribution >= 0.6 is 15.9 Å². The molecule has 2 rings (SSSR count). The van der Waals surface area contributed by atoms with Gasteiger partial charge < -0.3 is 9.47 Å². The summed E-state index contributed by atoms with van der Waals surface area (Å²) in [5, 5.41) is 0. The SMILES string of the molecule is Fc1cc2c(cc1Br)OCOC2. The summed E-state index contributed by atoms with van der Waals surface area (Å²) in [5.41, 5.74) is 0.752. The fourth-order valence-electron chi connectivity index (χ4n) is 1.07. The molecule has 0 aliphatic carbocycles. The summed E-state index contributed by atoms with van der Waals surface area (Å²) >= 11 is 3.08. The molecule has 0 N–H and O–H groups in total. The van der Waals surface area contributed by atoms with E-state index in [1.807, 2.05) is 0 Å². The van der Waals surface area contributed by atoms with Crippen molar-refractivity contribution in [1.29, 1.82) is 0 Å². The third-order valence-corrected chi connectivity index (χ3v) is 2.27. The molecule has 1 aliphatic heterocycles. The quantitative estimate of drug-likeness (QED) is 0.685. The molecule has 1 aliphatic rings. The first-order chi connectivity index (χ1) is 5.77. The zero-order chi connectivity index (χ0) is 8.55. The van der Waals surface area contributed by atoms with Gasteiger partial charge in [-0.2, -0.15) is 0 Å². The Morgan fingerprint density at radius 2 is 2.25 bits per heavy atom. The molecule has 0 aromatic heterocycles. The smallest absolute Gasteiger partial charge is 0.189 e. The molecule has 0 amide bonds. The largest absolute Gasteiger partial charge is 0.467 e. The molecule has 4 heteroatoms. The highest BCUT2D eigenvalue weighted by Gasteiger charge is 2.13. The fourth-order valence-corrected chi connectivity index (χ4v) is 1.40. The molecular weight excluding hydrogens is 227 g/mol. The van der Waals surface area contributed by atoms with Crippen molar-refractivity contribution < 1.29 is 13.9 Å². The number of hydrogen-bond acceptors (Lipinski definition) is 2. The van der Waals surface area contributed by atoms with Gasteiger partial charge in [-0.3, -0.25) is 0 Å². The third kappa shape index (κ3) is 1.32. The molecule has 2 nitrogen and oxygen atoms in total. The van der Waals surface area contributed by atoms with Crippen LogP contribution in [0, 0.1) is 5.82 Å². The van der Waals surface area contributed by atoms with Crippen molar-refractivity contribution in [3.8, 4) is 5.75 Å². The first-order valence-corrected chi connectivity index (χ1v) is 4.25. The lowest BCUT2D eigenvalue weighted by Gasteiger charge is -2.17. The molecule has 1 aromatic rings. The molecule has 64 valence electrons. The van der Waals surface area contributed by atoms with Crippen LogP contribution in [0.3, 0.4) is 0 Å². The summed E-state index contributed by atoms with van der Waals surface area (Å²) in [6.45, 7) is 0.657. The minimum absolute atomic E-state index is 0.241. The van der Waals surface area contributed by atoms with E-state index < -0.39 is 0 Å². The summed E-state index contributed by atoms with van der Waals surface area (Å²) in [6.07, 6.45) is 0. The fraction of sp³-hybridized carbons (Fsp3) is 0.250. The van der Waals surface area contributed by atoms with Crippen LogP contribution in [-0.4, -0.2) is 6.79 Å². The van der Waals surface area contributed by atoms with Crippen LogP contribution in [0.2, 0.25) is 0 Å². The van der Waals surface area contributed by atoms with E-state index in [-0.39, 0.29) is 12.6 Å². The van der Waals surface area contributed by atoms with Crippen LogP contribution in [0.4, 0.5) is 4.39 Å². The minimum Gasteiger partial charge on any atom is -0.467 e. The van der Waals surface area contributed by atoms with Gasteiger partial charge in [0.2, 0.25) is 0 Å². The van der Waals surface area contributed by atoms with E-state index in [0.29, 0.717) is 16.8 Å². The van der Waals surface area contributed by atoms with Crippen molar-refractivity contribution in [1.82, 2.24) is 0 Å². The van der Waals surface area contributed by atoms with Crippen LogP contribution in [0.25, 0.3) is 0 Å².